The number of nitrogens with one attached hydrogen (secondary N) is 2. The summed E-state index contributed by atoms with van der Waals surface area (Å²) in [5, 5.41) is 3.15. The Morgan fingerprint density at radius 2 is 1.96 bits per heavy atom. The number of hydrogen-bond donors (Lipinski definition) is 2. The van der Waals surface area contributed by atoms with E-state index >= 15 is 0 Å². The van der Waals surface area contributed by atoms with Crippen LogP contribution >= 0.6 is 0 Å². The summed E-state index contributed by atoms with van der Waals surface area (Å²) in [4.78, 5) is 22.8. The van der Waals surface area contributed by atoms with Gasteiger partial charge in [0.2, 0.25) is 5.91 Å². The summed E-state index contributed by atoms with van der Waals surface area (Å²) < 4.78 is 0. The number of carbonyl (C=O) groups excluding carboxylic acids is 1. The molecule has 1 fully saturated rings. The molecule has 1 saturated heterocycles. The van der Waals surface area contributed by atoms with Gasteiger partial charge in [-0.2, -0.15) is 0 Å². The Hall–Kier alpha value is -1.88. The fourth-order valence-electron chi connectivity index (χ4n) is 3.97. The summed E-state index contributed by atoms with van der Waals surface area (Å²) in [6.45, 7) is 9.56. The normalized spacial score (nSPS) is 17.2. The van der Waals surface area contributed by atoms with Gasteiger partial charge >= 0.3 is 0 Å². The van der Waals surface area contributed by atoms with Crippen LogP contribution in [0.4, 0.5) is 0 Å². The molecule has 1 unspecified atom stereocenters. The highest BCUT2D eigenvalue weighted by atomic mass is 16.1. The van der Waals surface area contributed by atoms with Gasteiger partial charge in [-0.3, -0.25) is 4.79 Å². The highest BCUT2D eigenvalue weighted by Gasteiger charge is 2.15. The minimum absolute atomic E-state index is 0.112. The lowest BCUT2D eigenvalue weighted by molar-refractivity contribution is -0.121. The maximum absolute atomic E-state index is 12.3. The topological polar surface area (TPSA) is 61.0 Å². The third kappa shape index (κ3) is 5.07. The average Bonchev–Trinajstić information content (AvgIpc) is 2.81. The number of aromatic nitrogens is 2. The number of likely N-dealkylation sites (tertiary alicyclic amines) is 1. The van der Waals surface area contributed by atoms with Crippen molar-refractivity contribution in [1.82, 2.24) is 20.2 Å². The molecule has 0 saturated carbocycles. The first-order valence-electron chi connectivity index (χ1n) is 9.99. The summed E-state index contributed by atoms with van der Waals surface area (Å²) in [6.07, 6.45) is 6.37. The number of H-pyrrole nitrogens is 1. The van der Waals surface area contributed by atoms with E-state index in [2.05, 4.69) is 53.1 Å². The Morgan fingerprint density at radius 1 is 1.23 bits per heavy atom. The number of aromatic amines is 1. The average molecular weight is 357 g/mol. The number of carbonyl (C=O) groups is 1. The molecule has 3 rings (SSSR count). The van der Waals surface area contributed by atoms with Crippen molar-refractivity contribution < 1.29 is 4.79 Å². The molecule has 0 bridgehead atoms. The Balaban J connectivity index is 1.48. The molecule has 5 nitrogen and oxygen atoms in total. The molecule has 0 radical (unpaired) electrons. The molecule has 1 aromatic carbocycles. The number of nitrogens with zero attached hydrogens (tertiary/aromatic N) is 2. The molecule has 1 aromatic heterocycles. The van der Waals surface area contributed by atoms with Gasteiger partial charge in [0.15, 0.2) is 0 Å². The summed E-state index contributed by atoms with van der Waals surface area (Å²) in [5.41, 5.74) is 4.48. The molecular weight excluding hydrogens is 324 g/mol. The first-order chi connectivity index (χ1) is 12.5. The Morgan fingerprint density at radius 3 is 2.69 bits per heavy atom. The van der Waals surface area contributed by atoms with Crippen LogP contribution in [0, 0.1) is 13.8 Å². The fraction of sp³-hybridized carbons (Fsp3) is 0.619. The van der Waals surface area contributed by atoms with Gasteiger partial charge in [0.25, 0.3) is 0 Å². The molecule has 2 N–H and O–H groups in total. The Bertz CT molecular complexity index is 744. The second-order valence-corrected chi connectivity index (χ2v) is 7.84. The van der Waals surface area contributed by atoms with E-state index in [4.69, 9.17) is 0 Å². The van der Waals surface area contributed by atoms with Crippen LogP contribution in [0.15, 0.2) is 12.1 Å². The van der Waals surface area contributed by atoms with E-state index in [1.807, 2.05) is 0 Å². The van der Waals surface area contributed by atoms with Crippen LogP contribution in [0.2, 0.25) is 0 Å². The van der Waals surface area contributed by atoms with Crippen molar-refractivity contribution in [3.05, 3.63) is 29.1 Å². The van der Waals surface area contributed by atoms with E-state index in [1.165, 1.54) is 36.8 Å². The standard InChI is InChI=1S/C21H32N4O/c1-15-12-16(2)21-18(13-15)23-19(24-21)8-9-20(26)22-17(3)14-25-10-6-4-5-7-11-25/h12-13,17H,4-11,14H2,1-3H3,(H,22,26)(H,23,24). The Labute approximate surface area is 156 Å². The summed E-state index contributed by atoms with van der Waals surface area (Å²) in [7, 11) is 0. The third-order valence-corrected chi connectivity index (χ3v) is 5.20. The number of amides is 1. The van der Waals surface area contributed by atoms with Gasteiger partial charge in [-0.05, 0) is 63.9 Å². The third-order valence-electron chi connectivity index (χ3n) is 5.20. The molecule has 2 heterocycles. The van der Waals surface area contributed by atoms with Crippen LogP contribution in [-0.4, -0.2) is 46.5 Å². The monoisotopic (exact) mass is 356 g/mol. The Kier molecular flexibility index (Phi) is 6.30. The van der Waals surface area contributed by atoms with Crippen LogP contribution in [0.5, 0.6) is 0 Å². The first-order valence-corrected chi connectivity index (χ1v) is 9.99. The SMILES string of the molecule is Cc1cc(C)c2nc(CCC(=O)NC(C)CN3CCCCCC3)[nH]c2c1. The number of aryl methyl sites for hydroxylation is 3. The highest BCUT2D eigenvalue weighted by molar-refractivity contribution is 5.80. The van der Waals surface area contributed by atoms with Gasteiger partial charge < -0.3 is 15.2 Å². The minimum Gasteiger partial charge on any atom is -0.352 e. The van der Waals surface area contributed by atoms with E-state index < -0.39 is 0 Å². The van der Waals surface area contributed by atoms with Gasteiger partial charge in [-0.15, -0.1) is 0 Å². The van der Waals surface area contributed by atoms with Crippen LogP contribution < -0.4 is 5.32 Å². The van der Waals surface area contributed by atoms with E-state index in [0.29, 0.717) is 12.8 Å². The van der Waals surface area contributed by atoms with Crippen molar-refractivity contribution >= 4 is 16.9 Å². The van der Waals surface area contributed by atoms with E-state index in [-0.39, 0.29) is 11.9 Å². The zero-order valence-corrected chi connectivity index (χ0v) is 16.4. The zero-order chi connectivity index (χ0) is 18.5. The van der Waals surface area contributed by atoms with Crippen molar-refractivity contribution in [2.24, 2.45) is 0 Å². The van der Waals surface area contributed by atoms with E-state index in [1.54, 1.807) is 0 Å². The van der Waals surface area contributed by atoms with Crippen molar-refractivity contribution in [2.45, 2.75) is 65.3 Å². The smallest absolute Gasteiger partial charge is 0.220 e. The van der Waals surface area contributed by atoms with Gasteiger partial charge in [0.1, 0.15) is 5.82 Å². The molecule has 26 heavy (non-hydrogen) atoms. The molecule has 2 aromatic rings. The van der Waals surface area contributed by atoms with Gasteiger partial charge in [0, 0.05) is 25.4 Å². The lowest BCUT2D eigenvalue weighted by Crippen LogP contribution is -2.42. The number of hydrogen-bond acceptors (Lipinski definition) is 3. The van der Waals surface area contributed by atoms with Crippen molar-refractivity contribution in [1.29, 1.82) is 0 Å². The molecule has 1 aliphatic rings. The highest BCUT2D eigenvalue weighted by Crippen LogP contribution is 2.18. The largest absolute Gasteiger partial charge is 0.352 e. The second-order valence-electron chi connectivity index (χ2n) is 7.84. The predicted octanol–water partition coefficient (Wildman–Crippen LogP) is 3.49. The summed E-state index contributed by atoms with van der Waals surface area (Å²) in [5.74, 6) is 1.00. The summed E-state index contributed by atoms with van der Waals surface area (Å²) in [6, 6.07) is 4.45. The van der Waals surface area contributed by atoms with Crippen molar-refractivity contribution in [3.63, 3.8) is 0 Å². The molecule has 0 spiro atoms. The molecular formula is C21H32N4O. The maximum Gasteiger partial charge on any atom is 0.220 e. The van der Waals surface area contributed by atoms with E-state index in [9.17, 15) is 4.79 Å². The first kappa shape index (κ1) is 18.9. The maximum atomic E-state index is 12.3. The molecule has 0 aliphatic carbocycles. The summed E-state index contributed by atoms with van der Waals surface area (Å²) >= 11 is 0. The number of rotatable bonds is 6. The molecule has 1 aliphatic heterocycles. The predicted molar refractivity (Wildman–Crippen MR) is 106 cm³/mol. The molecule has 142 valence electrons. The van der Waals surface area contributed by atoms with Crippen LogP contribution in [0.1, 0.15) is 56.0 Å². The zero-order valence-electron chi connectivity index (χ0n) is 16.4. The fourth-order valence-corrected chi connectivity index (χ4v) is 3.97. The molecule has 1 atom stereocenters. The van der Waals surface area contributed by atoms with Crippen molar-refractivity contribution in [3.8, 4) is 0 Å². The van der Waals surface area contributed by atoms with Crippen LogP contribution in [-0.2, 0) is 11.2 Å². The lowest BCUT2D eigenvalue weighted by Gasteiger charge is -2.24. The number of imidazole rings is 1. The van der Waals surface area contributed by atoms with E-state index in [0.717, 1.165) is 36.5 Å². The lowest BCUT2D eigenvalue weighted by atomic mass is 10.1. The van der Waals surface area contributed by atoms with Crippen LogP contribution in [0.3, 0.4) is 0 Å². The van der Waals surface area contributed by atoms with Crippen LogP contribution in [0.25, 0.3) is 11.0 Å². The minimum atomic E-state index is 0.112. The van der Waals surface area contributed by atoms with Gasteiger partial charge in [-0.1, -0.05) is 18.9 Å². The number of fused-ring (bicyclic) bond motifs is 1. The number of benzene rings is 1. The second kappa shape index (κ2) is 8.67. The quantitative estimate of drug-likeness (QED) is 0.833. The van der Waals surface area contributed by atoms with Gasteiger partial charge in [-0.25, -0.2) is 4.98 Å². The molecule has 1 amide bonds. The molecule has 5 heteroatoms. The van der Waals surface area contributed by atoms with Gasteiger partial charge in [0.05, 0.1) is 11.0 Å². The van der Waals surface area contributed by atoms with Crippen molar-refractivity contribution in [2.75, 3.05) is 19.6 Å².